The van der Waals surface area contributed by atoms with Gasteiger partial charge >= 0.3 is 5.97 Å². The van der Waals surface area contributed by atoms with Crippen molar-refractivity contribution >= 4 is 29.5 Å². The average Bonchev–Trinajstić information content (AvgIpc) is 3.12. The molecule has 1 aliphatic rings. The lowest BCUT2D eigenvalue weighted by Crippen LogP contribution is -2.24. The van der Waals surface area contributed by atoms with Gasteiger partial charge in [-0.3, -0.25) is 9.59 Å². The maximum atomic E-state index is 12.6. The zero-order valence-electron chi connectivity index (χ0n) is 16.4. The van der Waals surface area contributed by atoms with Gasteiger partial charge in [-0.15, -0.1) is 0 Å². The van der Waals surface area contributed by atoms with Gasteiger partial charge in [0.2, 0.25) is 5.91 Å². The second-order valence-electron chi connectivity index (χ2n) is 6.78. The molecule has 0 saturated carbocycles. The number of esters is 1. The van der Waals surface area contributed by atoms with Crippen LogP contribution < -0.4 is 5.32 Å². The van der Waals surface area contributed by atoms with Crippen LogP contribution in [0, 0.1) is 0 Å². The smallest absolute Gasteiger partial charge is 0.330 e. The van der Waals surface area contributed by atoms with Gasteiger partial charge in [0.15, 0.2) is 0 Å². The van der Waals surface area contributed by atoms with Crippen LogP contribution in [0.4, 0.5) is 5.69 Å². The first-order valence-corrected chi connectivity index (χ1v) is 9.68. The third kappa shape index (κ3) is 5.78. The number of carbonyl (C=O) groups is 3. The standard InChI is InChI=1S/C23H24N2O4/c1-2-29-22(27)13-10-17-8-11-20(12-9-17)24-23(28)19-6-3-5-18(15-19)16-25-14-4-7-21(25)26/h3,5-6,8-13,15H,2,4,7,14,16H2,1H3,(H,24,28)/b13-10+. The minimum atomic E-state index is -0.389. The molecule has 0 radical (unpaired) electrons. The number of anilines is 1. The molecule has 3 rings (SSSR count). The van der Waals surface area contributed by atoms with Crippen molar-refractivity contribution in [2.45, 2.75) is 26.3 Å². The quantitative estimate of drug-likeness (QED) is 0.577. The summed E-state index contributed by atoms with van der Waals surface area (Å²) in [5.41, 5.74) is 2.96. The molecule has 1 heterocycles. The molecule has 2 aromatic carbocycles. The lowest BCUT2D eigenvalue weighted by atomic mass is 10.1. The second kappa shape index (κ2) is 9.68. The lowest BCUT2D eigenvalue weighted by Gasteiger charge is -2.16. The number of nitrogens with zero attached hydrogens (tertiary/aromatic N) is 1. The zero-order valence-corrected chi connectivity index (χ0v) is 16.4. The van der Waals surface area contributed by atoms with Crippen molar-refractivity contribution in [1.29, 1.82) is 0 Å². The SMILES string of the molecule is CCOC(=O)/C=C/c1ccc(NC(=O)c2cccc(CN3CCCC3=O)c2)cc1. The van der Waals surface area contributed by atoms with E-state index in [4.69, 9.17) is 4.74 Å². The van der Waals surface area contributed by atoms with Crippen molar-refractivity contribution < 1.29 is 19.1 Å². The lowest BCUT2D eigenvalue weighted by molar-refractivity contribution is -0.137. The Morgan fingerprint density at radius 2 is 1.97 bits per heavy atom. The highest BCUT2D eigenvalue weighted by atomic mass is 16.5. The number of amides is 2. The van der Waals surface area contributed by atoms with Crippen LogP contribution in [-0.4, -0.2) is 35.8 Å². The van der Waals surface area contributed by atoms with Crippen molar-refractivity contribution in [2.75, 3.05) is 18.5 Å². The molecule has 1 aliphatic heterocycles. The fourth-order valence-electron chi connectivity index (χ4n) is 3.14. The average molecular weight is 392 g/mol. The van der Waals surface area contributed by atoms with Gasteiger partial charge < -0.3 is 15.0 Å². The number of benzene rings is 2. The van der Waals surface area contributed by atoms with E-state index in [9.17, 15) is 14.4 Å². The highest BCUT2D eigenvalue weighted by Gasteiger charge is 2.20. The van der Waals surface area contributed by atoms with Gasteiger partial charge in [0.25, 0.3) is 5.91 Å². The van der Waals surface area contributed by atoms with Gasteiger partial charge in [0.05, 0.1) is 6.61 Å². The number of rotatable bonds is 7. The van der Waals surface area contributed by atoms with Gasteiger partial charge in [-0.25, -0.2) is 4.79 Å². The van der Waals surface area contributed by atoms with Gasteiger partial charge in [-0.1, -0.05) is 24.3 Å². The molecular weight excluding hydrogens is 368 g/mol. The maximum Gasteiger partial charge on any atom is 0.330 e. The van der Waals surface area contributed by atoms with E-state index in [-0.39, 0.29) is 17.8 Å². The molecule has 1 N–H and O–H groups in total. The first-order chi connectivity index (χ1) is 14.0. The summed E-state index contributed by atoms with van der Waals surface area (Å²) >= 11 is 0. The van der Waals surface area contributed by atoms with E-state index in [0.717, 1.165) is 24.1 Å². The van der Waals surface area contributed by atoms with Crippen LogP contribution in [0.25, 0.3) is 6.08 Å². The van der Waals surface area contributed by atoms with Crippen LogP contribution in [0.3, 0.4) is 0 Å². The minimum Gasteiger partial charge on any atom is -0.463 e. The molecule has 0 bridgehead atoms. The number of ether oxygens (including phenoxy) is 1. The van der Waals surface area contributed by atoms with Crippen LogP contribution in [0.2, 0.25) is 0 Å². The summed E-state index contributed by atoms with van der Waals surface area (Å²) in [6.07, 6.45) is 4.52. The first kappa shape index (κ1) is 20.3. The molecule has 6 nitrogen and oxygen atoms in total. The maximum absolute atomic E-state index is 12.6. The molecule has 29 heavy (non-hydrogen) atoms. The Morgan fingerprint density at radius 1 is 1.17 bits per heavy atom. The third-order valence-corrected chi connectivity index (χ3v) is 4.60. The van der Waals surface area contributed by atoms with Gasteiger partial charge in [0.1, 0.15) is 0 Å². The molecule has 0 spiro atoms. The van der Waals surface area contributed by atoms with Crippen LogP contribution in [-0.2, 0) is 20.9 Å². The number of carbonyl (C=O) groups excluding carboxylic acids is 3. The van der Waals surface area contributed by atoms with Crippen LogP contribution in [0.1, 0.15) is 41.3 Å². The highest BCUT2D eigenvalue weighted by Crippen LogP contribution is 2.17. The number of hydrogen-bond donors (Lipinski definition) is 1. The second-order valence-corrected chi connectivity index (χ2v) is 6.78. The van der Waals surface area contributed by atoms with Crippen LogP contribution >= 0.6 is 0 Å². The van der Waals surface area contributed by atoms with Crippen LogP contribution in [0.5, 0.6) is 0 Å². The van der Waals surface area contributed by atoms with E-state index in [1.54, 1.807) is 43.3 Å². The number of nitrogens with one attached hydrogen (secondary N) is 1. The predicted octanol–water partition coefficient (Wildman–Crippen LogP) is 3.64. The van der Waals surface area contributed by atoms with Crippen molar-refractivity contribution in [1.82, 2.24) is 4.90 Å². The fourth-order valence-corrected chi connectivity index (χ4v) is 3.14. The monoisotopic (exact) mass is 392 g/mol. The summed E-state index contributed by atoms with van der Waals surface area (Å²) in [6.45, 7) is 3.39. The fraction of sp³-hybridized carbons (Fsp3) is 0.261. The Balaban J connectivity index is 1.60. The van der Waals surface area contributed by atoms with Gasteiger partial charge in [-0.05, 0) is 54.8 Å². The molecule has 2 aromatic rings. The molecule has 0 atom stereocenters. The molecule has 1 saturated heterocycles. The molecule has 0 aromatic heterocycles. The molecule has 1 fully saturated rings. The molecule has 2 amide bonds. The normalized spacial score (nSPS) is 13.7. The molecule has 0 aliphatic carbocycles. The van der Waals surface area contributed by atoms with Crippen LogP contribution in [0.15, 0.2) is 54.6 Å². The Bertz CT molecular complexity index is 919. The van der Waals surface area contributed by atoms with E-state index in [1.165, 1.54) is 6.08 Å². The van der Waals surface area contributed by atoms with E-state index in [0.29, 0.717) is 30.8 Å². The largest absolute Gasteiger partial charge is 0.463 e. The Morgan fingerprint density at radius 3 is 2.66 bits per heavy atom. The topological polar surface area (TPSA) is 75.7 Å². The van der Waals surface area contributed by atoms with E-state index in [1.807, 2.05) is 23.1 Å². The molecule has 150 valence electrons. The highest BCUT2D eigenvalue weighted by molar-refractivity contribution is 6.04. The third-order valence-electron chi connectivity index (χ3n) is 4.60. The summed E-state index contributed by atoms with van der Waals surface area (Å²) < 4.78 is 4.84. The minimum absolute atomic E-state index is 0.164. The van der Waals surface area contributed by atoms with E-state index in [2.05, 4.69) is 5.32 Å². The Hall–Kier alpha value is -3.41. The molecular formula is C23H24N2O4. The Labute approximate surface area is 170 Å². The number of hydrogen-bond acceptors (Lipinski definition) is 4. The van der Waals surface area contributed by atoms with Gasteiger partial charge in [-0.2, -0.15) is 0 Å². The van der Waals surface area contributed by atoms with Crippen molar-refractivity contribution in [3.63, 3.8) is 0 Å². The van der Waals surface area contributed by atoms with Crippen molar-refractivity contribution in [2.24, 2.45) is 0 Å². The number of likely N-dealkylation sites (tertiary alicyclic amines) is 1. The zero-order chi connectivity index (χ0) is 20.6. The summed E-state index contributed by atoms with van der Waals surface area (Å²) in [5.74, 6) is -0.438. The summed E-state index contributed by atoms with van der Waals surface area (Å²) in [5, 5.41) is 2.87. The van der Waals surface area contributed by atoms with E-state index < -0.39 is 0 Å². The van der Waals surface area contributed by atoms with Crippen molar-refractivity contribution in [3.8, 4) is 0 Å². The summed E-state index contributed by atoms with van der Waals surface area (Å²) in [6, 6.07) is 14.5. The van der Waals surface area contributed by atoms with Crippen molar-refractivity contribution in [3.05, 3.63) is 71.3 Å². The molecule has 0 unspecified atom stereocenters. The predicted molar refractivity (Wildman–Crippen MR) is 111 cm³/mol. The first-order valence-electron chi connectivity index (χ1n) is 9.68. The summed E-state index contributed by atoms with van der Waals surface area (Å²) in [7, 11) is 0. The Kier molecular flexibility index (Phi) is 6.79. The van der Waals surface area contributed by atoms with Gasteiger partial charge in [0, 0.05) is 36.8 Å². The van der Waals surface area contributed by atoms with E-state index >= 15 is 0 Å². The molecule has 6 heteroatoms. The summed E-state index contributed by atoms with van der Waals surface area (Å²) in [4.78, 5) is 37.5.